The van der Waals surface area contributed by atoms with Crippen LogP contribution in [-0.4, -0.2) is 25.7 Å². The molecule has 20 heavy (non-hydrogen) atoms. The van der Waals surface area contributed by atoms with Gasteiger partial charge in [-0.1, -0.05) is 19.9 Å². The van der Waals surface area contributed by atoms with Gasteiger partial charge in [-0.25, -0.2) is 0 Å². The van der Waals surface area contributed by atoms with Crippen molar-refractivity contribution in [1.29, 1.82) is 0 Å². The lowest BCUT2D eigenvalue weighted by Crippen LogP contribution is -2.32. The van der Waals surface area contributed by atoms with Gasteiger partial charge >= 0.3 is 0 Å². The summed E-state index contributed by atoms with van der Waals surface area (Å²) >= 11 is 0. The van der Waals surface area contributed by atoms with Crippen LogP contribution in [0.3, 0.4) is 0 Å². The van der Waals surface area contributed by atoms with Crippen molar-refractivity contribution < 1.29 is 0 Å². The number of benzene rings is 1. The number of nitrogens with two attached hydrogens (primary N) is 1. The first kappa shape index (κ1) is 13.7. The largest absolute Gasteiger partial charge is 0.382 e. The topological polar surface area (TPSA) is 41.3 Å². The van der Waals surface area contributed by atoms with Crippen LogP contribution >= 0.6 is 0 Å². The van der Waals surface area contributed by atoms with Gasteiger partial charge in [-0.05, 0) is 43.4 Å². The van der Waals surface area contributed by atoms with E-state index in [1.54, 1.807) is 0 Å². The predicted molar refractivity (Wildman–Crippen MR) is 86.6 cm³/mol. The third-order valence-corrected chi connectivity index (χ3v) is 4.91. The predicted octanol–water partition coefficient (Wildman–Crippen LogP) is 3.10. The molecule has 1 fully saturated rings. The molecule has 110 valence electrons. The summed E-state index contributed by atoms with van der Waals surface area (Å²) in [5.74, 6) is 0. The monoisotopic (exact) mass is 273 g/mol. The van der Waals surface area contributed by atoms with E-state index in [1.165, 1.54) is 29.8 Å². The molecule has 1 heterocycles. The Labute approximate surface area is 122 Å². The summed E-state index contributed by atoms with van der Waals surface area (Å²) in [6, 6.07) is 7.87. The lowest BCUT2D eigenvalue weighted by atomic mass is 9.87. The lowest BCUT2D eigenvalue weighted by Gasteiger charge is -2.28. The minimum absolute atomic E-state index is 0.264. The molecule has 3 rings (SSSR count). The Balaban J connectivity index is 1.75. The molecular weight excluding hydrogens is 246 g/mol. The molecule has 1 aromatic rings. The third-order valence-electron chi connectivity index (χ3n) is 4.91. The van der Waals surface area contributed by atoms with E-state index in [-0.39, 0.29) is 5.41 Å². The molecule has 0 spiro atoms. The molecule has 0 atom stereocenters. The molecule has 0 radical (unpaired) electrons. The zero-order valence-corrected chi connectivity index (χ0v) is 12.9. The molecule has 0 unspecified atom stereocenters. The van der Waals surface area contributed by atoms with Crippen molar-refractivity contribution in [2.24, 2.45) is 5.73 Å². The Hall–Kier alpha value is -1.22. The van der Waals surface area contributed by atoms with Crippen molar-refractivity contribution in [2.75, 3.05) is 23.8 Å². The molecule has 1 aromatic carbocycles. The molecule has 3 heteroatoms. The highest BCUT2D eigenvalue weighted by atomic mass is 15.1. The van der Waals surface area contributed by atoms with Gasteiger partial charge in [-0.15, -0.1) is 0 Å². The van der Waals surface area contributed by atoms with Gasteiger partial charge in [0, 0.05) is 42.5 Å². The maximum atomic E-state index is 5.98. The Kier molecular flexibility index (Phi) is 3.41. The second-order valence-corrected chi connectivity index (χ2v) is 7.23. The van der Waals surface area contributed by atoms with E-state index in [2.05, 4.69) is 49.3 Å². The van der Waals surface area contributed by atoms with Gasteiger partial charge in [0.05, 0.1) is 0 Å². The summed E-state index contributed by atoms with van der Waals surface area (Å²) in [5.41, 5.74) is 10.4. The Morgan fingerprint density at radius 1 is 1.20 bits per heavy atom. The van der Waals surface area contributed by atoms with E-state index in [1.807, 2.05) is 0 Å². The van der Waals surface area contributed by atoms with Crippen LogP contribution < -0.4 is 16.0 Å². The second-order valence-electron chi connectivity index (χ2n) is 7.23. The Bertz CT molecular complexity index is 487. The fraction of sp³-hybridized carbons (Fsp3) is 0.647. The summed E-state index contributed by atoms with van der Waals surface area (Å²) in [6.45, 7) is 5.75. The number of nitrogens with zero attached hydrogens (tertiary/aromatic N) is 1. The zero-order valence-electron chi connectivity index (χ0n) is 12.9. The zero-order chi connectivity index (χ0) is 14.3. The van der Waals surface area contributed by atoms with Crippen LogP contribution in [0, 0.1) is 0 Å². The van der Waals surface area contributed by atoms with Crippen molar-refractivity contribution in [1.82, 2.24) is 0 Å². The number of fused-ring (bicyclic) bond motifs is 1. The minimum atomic E-state index is 0.264. The average Bonchev–Trinajstić information content (AvgIpc) is 2.62. The van der Waals surface area contributed by atoms with Crippen LogP contribution in [0.5, 0.6) is 0 Å². The number of anilines is 2. The highest BCUT2D eigenvalue weighted by Gasteiger charge is 2.33. The van der Waals surface area contributed by atoms with E-state index in [9.17, 15) is 0 Å². The summed E-state index contributed by atoms with van der Waals surface area (Å²) in [5, 5.41) is 3.70. The third kappa shape index (κ3) is 2.51. The van der Waals surface area contributed by atoms with E-state index in [0.717, 1.165) is 19.4 Å². The van der Waals surface area contributed by atoms with Gasteiger partial charge in [-0.3, -0.25) is 0 Å². The van der Waals surface area contributed by atoms with Gasteiger partial charge < -0.3 is 16.0 Å². The number of likely N-dealkylation sites (N-methyl/N-ethyl adjacent to an activating group) is 1. The van der Waals surface area contributed by atoms with Gasteiger partial charge in [0.25, 0.3) is 0 Å². The Morgan fingerprint density at radius 2 is 1.90 bits per heavy atom. The fourth-order valence-electron chi connectivity index (χ4n) is 3.77. The van der Waals surface area contributed by atoms with Crippen LogP contribution in [-0.2, 0) is 5.41 Å². The van der Waals surface area contributed by atoms with Crippen LogP contribution in [0.15, 0.2) is 18.2 Å². The molecular formula is C17H27N3. The fourth-order valence-corrected chi connectivity index (χ4v) is 3.77. The highest BCUT2D eigenvalue weighted by molar-refractivity contribution is 5.68. The molecule has 3 N–H and O–H groups in total. The van der Waals surface area contributed by atoms with Crippen molar-refractivity contribution in [3.63, 3.8) is 0 Å². The minimum Gasteiger partial charge on any atom is -0.382 e. The average molecular weight is 273 g/mol. The van der Waals surface area contributed by atoms with Crippen LogP contribution in [0.25, 0.3) is 0 Å². The summed E-state index contributed by atoms with van der Waals surface area (Å²) in [4.78, 5) is 2.37. The molecule has 0 aromatic heterocycles. The van der Waals surface area contributed by atoms with E-state index < -0.39 is 0 Å². The highest BCUT2D eigenvalue weighted by Crippen LogP contribution is 2.41. The van der Waals surface area contributed by atoms with E-state index in [0.29, 0.717) is 12.1 Å². The number of rotatable bonds is 2. The molecule has 1 aliphatic heterocycles. The van der Waals surface area contributed by atoms with E-state index in [4.69, 9.17) is 5.73 Å². The maximum Gasteiger partial charge on any atom is 0.0423 e. The Morgan fingerprint density at radius 3 is 2.60 bits per heavy atom. The first-order valence-corrected chi connectivity index (χ1v) is 7.83. The maximum absolute atomic E-state index is 5.98. The van der Waals surface area contributed by atoms with Crippen molar-refractivity contribution in [2.45, 2.75) is 57.0 Å². The first-order chi connectivity index (χ1) is 9.45. The van der Waals surface area contributed by atoms with Gasteiger partial charge in [0.15, 0.2) is 0 Å². The summed E-state index contributed by atoms with van der Waals surface area (Å²) in [7, 11) is 2.19. The number of hydrogen-bond acceptors (Lipinski definition) is 3. The standard InChI is InChI=1S/C17H27N3/c1-17(2)11-20(3)16-10-14(8-9-15(16)17)19-13-6-4-12(18)5-7-13/h8-10,12-13,19H,4-7,11,18H2,1-3H3. The van der Waals surface area contributed by atoms with Crippen LogP contribution in [0.2, 0.25) is 0 Å². The van der Waals surface area contributed by atoms with Gasteiger partial charge in [0.2, 0.25) is 0 Å². The quantitative estimate of drug-likeness (QED) is 0.870. The molecule has 0 bridgehead atoms. The van der Waals surface area contributed by atoms with Gasteiger partial charge in [-0.2, -0.15) is 0 Å². The van der Waals surface area contributed by atoms with Crippen molar-refractivity contribution in [3.8, 4) is 0 Å². The first-order valence-electron chi connectivity index (χ1n) is 7.83. The van der Waals surface area contributed by atoms with Crippen LogP contribution in [0.1, 0.15) is 45.1 Å². The number of nitrogens with one attached hydrogen (secondary N) is 1. The number of hydrogen-bond donors (Lipinski definition) is 2. The summed E-state index contributed by atoms with van der Waals surface area (Å²) in [6.07, 6.45) is 4.68. The van der Waals surface area contributed by atoms with Crippen molar-refractivity contribution >= 4 is 11.4 Å². The molecule has 1 aliphatic carbocycles. The molecule has 3 nitrogen and oxygen atoms in total. The smallest absolute Gasteiger partial charge is 0.0423 e. The molecule has 0 saturated heterocycles. The second kappa shape index (κ2) is 4.96. The van der Waals surface area contributed by atoms with Gasteiger partial charge in [0.1, 0.15) is 0 Å². The van der Waals surface area contributed by atoms with E-state index >= 15 is 0 Å². The lowest BCUT2D eigenvalue weighted by molar-refractivity contribution is 0.411. The molecule has 1 saturated carbocycles. The molecule has 0 amide bonds. The van der Waals surface area contributed by atoms with Crippen molar-refractivity contribution in [3.05, 3.63) is 23.8 Å². The SMILES string of the molecule is CN1CC(C)(C)c2ccc(NC3CCC(N)CC3)cc21. The van der Waals surface area contributed by atoms with Crippen LogP contribution in [0.4, 0.5) is 11.4 Å². The molecule has 2 aliphatic rings. The normalized spacial score (nSPS) is 28.3. The summed E-state index contributed by atoms with van der Waals surface area (Å²) < 4.78 is 0.